The van der Waals surface area contributed by atoms with Crippen molar-refractivity contribution in [2.75, 3.05) is 13.1 Å². The van der Waals surface area contributed by atoms with Gasteiger partial charge < -0.3 is 9.72 Å². The molecule has 35 heavy (non-hydrogen) atoms. The number of nitrogens with zero attached hydrogens (tertiary/aromatic N) is 3. The Balaban J connectivity index is 1.02. The van der Waals surface area contributed by atoms with E-state index in [9.17, 15) is 4.79 Å². The molecule has 2 saturated carbocycles. The summed E-state index contributed by atoms with van der Waals surface area (Å²) in [5, 5.41) is 3.58. The lowest BCUT2D eigenvalue weighted by atomic mass is 9.74. The van der Waals surface area contributed by atoms with E-state index in [1.807, 2.05) is 12.4 Å². The van der Waals surface area contributed by atoms with Crippen molar-refractivity contribution >= 4 is 11.6 Å². The number of benzene rings is 1. The molecule has 7 rings (SSSR count). The third-order valence-corrected chi connectivity index (χ3v) is 9.05. The number of likely N-dealkylation sites (tertiary alicyclic amines) is 1. The summed E-state index contributed by atoms with van der Waals surface area (Å²) in [4.78, 5) is 20.5. The Hall–Kier alpha value is -2.74. The van der Waals surface area contributed by atoms with E-state index in [1.165, 1.54) is 17.5 Å². The second-order valence-corrected chi connectivity index (χ2v) is 11.2. The maximum absolute atomic E-state index is 13.6. The second-order valence-electron chi connectivity index (χ2n) is 11.2. The zero-order chi connectivity index (χ0) is 23.4. The van der Waals surface area contributed by atoms with Gasteiger partial charge in [0.15, 0.2) is 0 Å². The van der Waals surface area contributed by atoms with Gasteiger partial charge in [-0.2, -0.15) is 0 Å². The molecule has 0 spiro atoms. The van der Waals surface area contributed by atoms with E-state index in [0.717, 1.165) is 51.0 Å². The van der Waals surface area contributed by atoms with E-state index in [2.05, 4.69) is 79.1 Å². The summed E-state index contributed by atoms with van der Waals surface area (Å²) in [6.45, 7) is 3.08. The highest BCUT2D eigenvalue weighted by Crippen LogP contribution is 2.50. The number of aromatic nitrogens is 2. The third kappa shape index (κ3) is 3.96. The number of hydrogen-bond acceptors (Lipinski definition) is 5. The van der Waals surface area contributed by atoms with Gasteiger partial charge in [-0.3, -0.25) is 15.1 Å². The Kier molecular flexibility index (Phi) is 5.19. The lowest BCUT2D eigenvalue weighted by molar-refractivity contribution is -0.128. The van der Waals surface area contributed by atoms with Crippen molar-refractivity contribution in [2.24, 2.45) is 17.8 Å². The summed E-state index contributed by atoms with van der Waals surface area (Å²) in [6, 6.07) is 15.6. The fraction of sp³-hybridized carbons (Fsp3) is 0.500. The van der Waals surface area contributed by atoms with Crippen molar-refractivity contribution in [3.8, 4) is 0 Å². The van der Waals surface area contributed by atoms with Gasteiger partial charge in [0, 0.05) is 43.6 Å². The highest BCUT2D eigenvalue weighted by molar-refractivity contribution is 5.80. The Labute approximate surface area is 206 Å². The van der Waals surface area contributed by atoms with Gasteiger partial charge in [0.2, 0.25) is 5.91 Å². The summed E-state index contributed by atoms with van der Waals surface area (Å²) in [7, 11) is 0. The first kappa shape index (κ1) is 21.5. The molecule has 4 fully saturated rings. The van der Waals surface area contributed by atoms with E-state index >= 15 is 0 Å². The van der Waals surface area contributed by atoms with Crippen LogP contribution in [0.1, 0.15) is 49.3 Å². The molecule has 1 amide bonds. The lowest BCUT2D eigenvalue weighted by Gasteiger charge is -2.36. The minimum absolute atomic E-state index is 0.000993. The van der Waals surface area contributed by atoms with E-state index in [-0.39, 0.29) is 23.4 Å². The molecule has 7 heteroatoms. The minimum atomic E-state index is -0.000993. The average molecular weight is 471 g/mol. The molecule has 2 aromatic heterocycles. The summed E-state index contributed by atoms with van der Waals surface area (Å²) in [6.07, 6.45) is 11.3. The Morgan fingerprint density at radius 2 is 2.03 bits per heavy atom. The van der Waals surface area contributed by atoms with Crippen LogP contribution in [0.3, 0.4) is 0 Å². The highest BCUT2D eigenvalue weighted by Gasteiger charge is 2.58. The first-order chi connectivity index (χ1) is 17.2. The zero-order valence-electron chi connectivity index (χ0n) is 20.1. The molecule has 3 N–H and O–H groups in total. The quantitative estimate of drug-likeness (QED) is 0.535. The molecular weight excluding hydrogens is 436 g/mol. The van der Waals surface area contributed by atoms with E-state index in [0.29, 0.717) is 17.9 Å². The SMILES string of the molecule is O=C(NC12CC1CCN(Cc1ccccc1)C2)C1CCC2NNC(c3ccc4nccn4c3)C2C1. The van der Waals surface area contributed by atoms with Gasteiger partial charge in [-0.15, -0.1) is 0 Å². The van der Waals surface area contributed by atoms with Gasteiger partial charge >= 0.3 is 0 Å². The number of carbonyl (C=O) groups is 1. The molecule has 182 valence electrons. The van der Waals surface area contributed by atoms with Gasteiger partial charge in [0.25, 0.3) is 0 Å². The highest BCUT2D eigenvalue weighted by atomic mass is 16.2. The van der Waals surface area contributed by atoms with Crippen LogP contribution >= 0.6 is 0 Å². The fourth-order valence-electron chi connectivity index (χ4n) is 7.03. The molecule has 2 aliphatic carbocycles. The predicted molar refractivity (Wildman–Crippen MR) is 134 cm³/mol. The largest absolute Gasteiger partial charge is 0.349 e. The van der Waals surface area contributed by atoms with Crippen LogP contribution in [0.2, 0.25) is 0 Å². The van der Waals surface area contributed by atoms with E-state index in [4.69, 9.17) is 0 Å². The first-order valence-electron chi connectivity index (χ1n) is 13.2. The number of hydrazine groups is 1. The molecule has 2 saturated heterocycles. The van der Waals surface area contributed by atoms with Crippen LogP contribution in [0.25, 0.3) is 5.65 Å². The molecule has 2 aliphatic heterocycles. The smallest absolute Gasteiger partial charge is 0.223 e. The molecule has 3 aromatic rings. The van der Waals surface area contributed by atoms with Gasteiger partial charge in [0.1, 0.15) is 5.65 Å². The fourth-order valence-corrected chi connectivity index (χ4v) is 7.03. The van der Waals surface area contributed by atoms with Crippen LogP contribution in [-0.4, -0.2) is 44.9 Å². The number of amides is 1. The van der Waals surface area contributed by atoms with Crippen molar-refractivity contribution in [2.45, 2.75) is 56.3 Å². The van der Waals surface area contributed by atoms with Crippen LogP contribution in [-0.2, 0) is 11.3 Å². The van der Waals surface area contributed by atoms with Gasteiger partial charge in [-0.05, 0) is 67.7 Å². The normalized spacial score (nSPS) is 34.3. The van der Waals surface area contributed by atoms with Crippen LogP contribution in [0, 0.1) is 17.8 Å². The number of piperidine rings is 1. The minimum Gasteiger partial charge on any atom is -0.349 e. The van der Waals surface area contributed by atoms with Crippen molar-refractivity contribution in [3.63, 3.8) is 0 Å². The summed E-state index contributed by atoms with van der Waals surface area (Å²) in [5.41, 5.74) is 10.6. The predicted octanol–water partition coefficient (Wildman–Crippen LogP) is 3.05. The van der Waals surface area contributed by atoms with Crippen molar-refractivity contribution in [1.29, 1.82) is 0 Å². The molecular formula is C28H34N6O. The maximum Gasteiger partial charge on any atom is 0.223 e. The Bertz CT molecular complexity index is 1230. The molecule has 6 atom stereocenters. The standard InChI is InChI=1S/C28H34N6O/c35-27(30-28-15-22(28)10-12-33(18-28)16-19-4-2-1-3-5-19)20-6-8-24-23(14-20)26(32-31-24)21-7-9-25-29-11-13-34(25)17-21/h1-5,7,9,11,13,17,20,22-24,26,31-32H,6,8,10,12,14-16,18H2,(H,30,35). The first-order valence-corrected chi connectivity index (χ1v) is 13.2. The number of rotatable bonds is 5. The summed E-state index contributed by atoms with van der Waals surface area (Å²) < 4.78 is 2.08. The number of nitrogens with one attached hydrogen (secondary N) is 3. The number of hydrogen-bond donors (Lipinski definition) is 3. The maximum atomic E-state index is 13.6. The van der Waals surface area contributed by atoms with Crippen LogP contribution < -0.4 is 16.2 Å². The van der Waals surface area contributed by atoms with Gasteiger partial charge in [0.05, 0.1) is 11.6 Å². The third-order valence-electron chi connectivity index (χ3n) is 9.05. The van der Waals surface area contributed by atoms with Crippen LogP contribution in [0.5, 0.6) is 0 Å². The average Bonchev–Trinajstić information content (AvgIpc) is 3.18. The molecule has 4 aliphatic rings. The van der Waals surface area contributed by atoms with Crippen LogP contribution in [0.4, 0.5) is 0 Å². The Morgan fingerprint density at radius 1 is 1.11 bits per heavy atom. The molecule has 0 bridgehead atoms. The van der Waals surface area contributed by atoms with E-state index in [1.54, 1.807) is 0 Å². The Morgan fingerprint density at radius 3 is 2.94 bits per heavy atom. The van der Waals surface area contributed by atoms with Gasteiger partial charge in [-0.25, -0.2) is 10.4 Å². The monoisotopic (exact) mass is 470 g/mol. The molecule has 4 heterocycles. The molecule has 0 radical (unpaired) electrons. The molecule has 7 nitrogen and oxygen atoms in total. The van der Waals surface area contributed by atoms with Crippen molar-refractivity contribution in [3.05, 3.63) is 72.2 Å². The summed E-state index contributed by atoms with van der Waals surface area (Å²) >= 11 is 0. The number of pyridine rings is 1. The number of imidazole rings is 1. The second kappa shape index (κ2) is 8.43. The topological polar surface area (TPSA) is 73.7 Å². The van der Waals surface area contributed by atoms with Crippen molar-refractivity contribution < 1.29 is 4.79 Å². The zero-order valence-corrected chi connectivity index (χ0v) is 20.1. The van der Waals surface area contributed by atoms with Gasteiger partial charge in [-0.1, -0.05) is 36.4 Å². The number of fused-ring (bicyclic) bond motifs is 3. The molecule has 6 unspecified atom stereocenters. The van der Waals surface area contributed by atoms with Crippen molar-refractivity contribution in [1.82, 2.24) is 30.5 Å². The van der Waals surface area contributed by atoms with Crippen LogP contribution in [0.15, 0.2) is 61.1 Å². The summed E-state index contributed by atoms with van der Waals surface area (Å²) in [5.74, 6) is 1.44. The number of carbonyl (C=O) groups excluding carboxylic acids is 1. The lowest BCUT2D eigenvalue weighted by Crippen LogP contribution is -2.52. The molecule has 1 aromatic carbocycles. The van der Waals surface area contributed by atoms with E-state index < -0.39 is 0 Å².